The van der Waals surface area contributed by atoms with E-state index < -0.39 is 42.0 Å². The number of hydrogen-bond donors (Lipinski definition) is 6. The Morgan fingerprint density at radius 1 is 1.11 bits per heavy atom. The summed E-state index contributed by atoms with van der Waals surface area (Å²) in [7, 11) is 0. The molecule has 14 nitrogen and oxygen atoms in total. The van der Waals surface area contributed by atoms with Gasteiger partial charge in [-0.1, -0.05) is 12.2 Å². The van der Waals surface area contributed by atoms with Crippen molar-refractivity contribution in [2.24, 2.45) is 0 Å². The fraction of sp³-hybridized carbons (Fsp3) is 0.565. The summed E-state index contributed by atoms with van der Waals surface area (Å²) in [5, 5.41) is 24.6. The molecule has 3 rings (SSSR count). The zero-order valence-corrected chi connectivity index (χ0v) is 21.7. The van der Waals surface area contributed by atoms with Gasteiger partial charge in [0.1, 0.15) is 23.5 Å². The average molecular weight is 553 g/mol. The van der Waals surface area contributed by atoms with Crippen molar-refractivity contribution in [2.75, 3.05) is 19.7 Å². The van der Waals surface area contributed by atoms with Gasteiger partial charge >= 0.3 is 11.4 Å². The third kappa shape index (κ3) is 7.80. The van der Waals surface area contributed by atoms with Crippen LogP contribution in [0.4, 0.5) is 0 Å². The molecule has 3 heterocycles. The summed E-state index contributed by atoms with van der Waals surface area (Å²) in [4.78, 5) is 65.2. The van der Waals surface area contributed by atoms with Crippen LogP contribution in [0.5, 0.6) is 0 Å². The predicted molar refractivity (Wildman–Crippen MR) is 137 cm³/mol. The standard InChI is InChI=1S/C23H32N6O8S/c1-13-9-28(22(35)27-21(13)38)11-18(33)25-7-3-2-6-24-17(32)5-4-14-10-29(23(36)26-20(14)34)19-8-15(31)16(12-30)37-19/h9-10,15-16,19,30-31H,2-8,11-12H2,1H3,(H,24,32)(H,25,33)(H,26,34,36)(H,27,35,38)/t15-,16+,19+/m0/s1. The number of unbranched alkanes of at least 4 members (excludes halogenated alkanes) is 1. The van der Waals surface area contributed by atoms with E-state index in [1.165, 1.54) is 17.0 Å². The fourth-order valence-corrected chi connectivity index (χ4v) is 4.10. The van der Waals surface area contributed by atoms with E-state index in [9.17, 15) is 34.2 Å². The van der Waals surface area contributed by atoms with Gasteiger partial charge in [-0.25, -0.2) is 9.59 Å². The molecule has 38 heavy (non-hydrogen) atoms. The molecule has 2 aromatic rings. The smallest absolute Gasteiger partial charge is 0.330 e. The van der Waals surface area contributed by atoms with Crippen molar-refractivity contribution in [2.45, 2.75) is 64.0 Å². The van der Waals surface area contributed by atoms with E-state index in [0.717, 1.165) is 4.57 Å². The third-order valence-electron chi connectivity index (χ3n) is 6.11. The number of nitrogens with one attached hydrogen (secondary N) is 4. The predicted octanol–water partition coefficient (Wildman–Crippen LogP) is -1.65. The first kappa shape index (κ1) is 29.2. The molecule has 0 saturated carbocycles. The third-order valence-corrected chi connectivity index (χ3v) is 6.53. The minimum absolute atomic E-state index is 0.0136. The summed E-state index contributed by atoms with van der Waals surface area (Å²) in [6, 6.07) is 0. The van der Waals surface area contributed by atoms with Crippen molar-refractivity contribution in [3.05, 3.63) is 59.5 Å². The first-order chi connectivity index (χ1) is 18.1. The number of rotatable bonds is 12. The molecular weight excluding hydrogens is 520 g/mol. The van der Waals surface area contributed by atoms with Crippen LogP contribution in [-0.4, -0.2) is 73.0 Å². The number of aryl methyl sites for hydroxylation is 2. The molecule has 0 spiro atoms. The quantitative estimate of drug-likeness (QED) is 0.132. The highest BCUT2D eigenvalue weighted by molar-refractivity contribution is 7.71. The summed E-state index contributed by atoms with van der Waals surface area (Å²) >= 11 is 4.98. The normalized spacial score (nSPS) is 18.9. The number of carbonyl (C=O) groups is 2. The monoisotopic (exact) mass is 552 g/mol. The first-order valence-corrected chi connectivity index (χ1v) is 12.6. The number of nitrogens with zero attached hydrogens (tertiary/aromatic N) is 2. The molecule has 6 N–H and O–H groups in total. The Morgan fingerprint density at radius 2 is 1.79 bits per heavy atom. The van der Waals surface area contributed by atoms with Crippen LogP contribution in [0.25, 0.3) is 0 Å². The molecule has 1 fully saturated rings. The Labute approximate surface area is 221 Å². The van der Waals surface area contributed by atoms with E-state index in [1.807, 2.05) is 0 Å². The number of hydrogen-bond acceptors (Lipinski definition) is 9. The Balaban J connectivity index is 1.37. The molecule has 3 atom stereocenters. The lowest BCUT2D eigenvalue weighted by atomic mass is 10.1. The van der Waals surface area contributed by atoms with Gasteiger partial charge in [0.25, 0.3) is 5.56 Å². The summed E-state index contributed by atoms with van der Waals surface area (Å²) in [6.45, 7) is 1.94. The van der Waals surface area contributed by atoms with E-state index in [1.54, 1.807) is 6.92 Å². The van der Waals surface area contributed by atoms with Crippen molar-refractivity contribution < 1.29 is 24.5 Å². The largest absolute Gasteiger partial charge is 0.394 e. The molecule has 2 aromatic heterocycles. The lowest BCUT2D eigenvalue weighted by Gasteiger charge is -2.15. The zero-order chi connectivity index (χ0) is 27.8. The molecule has 1 saturated heterocycles. The second kappa shape index (κ2) is 13.4. The summed E-state index contributed by atoms with van der Waals surface area (Å²) in [5.74, 6) is -0.604. The van der Waals surface area contributed by atoms with Gasteiger partial charge in [-0.15, -0.1) is 0 Å². The number of aromatic amines is 2. The molecule has 15 heteroatoms. The van der Waals surface area contributed by atoms with E-state index in [2.05, 4.69) is 20.6 Å². The topological polar surface area (TPSA) is 201 Å². The number of aromatic nitrogens is 4. The number of carbonyl (C=O) groups excluding carboxylic acids is 2. The maximum absolute atomic E-state index is 12.2. The van der Waals surface area contributed by atoms with Crippen LogP contribution in [0.3, 0.4) is 0 Å². The van der Waals surface area contributed by atoms with E-state index in [-0.39, 0.29) is 43.2 Å². The molecule has 0 aromatic carbocycles. The first-order valence-electron chi connectivity index (χ1n) is 12.2. The van der Waals surface area contributed by atoms with Crippen molar-refractivity contribution in [3.63, 3.8) is 0 Å². The van der Waals surface area contributed by atoms with Gasteiger partial charge in [-0.2, -0.15) is 0 Å². The van der Waals surface area contributed by atoms with Crippen LogP contribution in [-0.2, 0) is 27.3 Å². The van der Waals surface area contributed by atoms with Gasteiger partial charge in [0.2, 0.25) is 11.8 Å². The molecule has 1 aliphatic rings. The van der Waals surface area contributed by atoms with Crippen LogP contribution >= 0.6 is 12.2 Å². The van der Waals surface area contributed by atoms with Gasteiger partial charge in [0, 0.05) is 49.5 Å². The van der Waals surface area contributed by atoms with Crippen LogP contribution in [0.1, 0.15) is 43.0 Å². The second-order valence-corrected chi connectivity index (χ2v) is 9.45. The molecular formula is C23H32N6O8S. The number of amides is 2. The summed E-state index contributed by atoms with van der Waals surface area (Å²) < 4.78 is 8.19. The number of aliphatic hydroxyl groups is 2. The Hall–Kier alpha value is -3.40. The van der Waals surface area contributed by atoms with Gasteiger partial charge in [0.05, 0.1) is 12.7 Å². The Bertz CT molecular complexity index is 1380. The van der Waals surface area contributed by atoms with Crippen molar-refractivity contribution in [1.29, 1.82) is 0 Å². The van der Waals surface area contributed by atoms with E-state index in [4.69, 9.17) is 17.0 Å². The molecule has 1 aliphatic heterocycles. The number of aliphatic hydroxyl groups excluding tert-OH is 2. The molecule has 2 amide bonds. The highest BCUT2D eigenvalue weighted by Crippen LogP contribution is 2.27. The molecule has 0 aliphatic carbocycles. The van der Waals surface area contributed by atoms with Crippen molar-refractivity contribution in [1.82, 2.24) is 29.7 Å². The lowest BCUT2D eigenvalue weighted by Crippen LogP contribution is -2.35. The van der Waals surface area contributed by atoms with Crippen LogP contribution in [0, 0.1) is 11.6 Å². The van der Waals surface area contributed by atoms with E-state index >= 15 is 0 Å². The molecule has 208 valence electrons. The summed E-state index contributed by atoms with van der Waals surface area (Å²) in [5.41, 5.74) is -0.876. The maximum Gasteiger partial charge on any atom is 0.330 e. The van der Waals surface area contributed by atoms with Crippen molar-refractivity contribution >= 4 is 24.0 Å². The second-order valence-electron chi connectivity index (χ2n) is 9.04. The number of H-pyrrole nitrogens is 2. The fourth-order valence-electron chi connectivity index (χ4n) is 3.96. The Morgan fingerprint density at radius 3 is 2.45 bits per heavy atom. The highest BCUT2D eigenvalue weighted by Gasteiger charge is 2.35. The molecule has 0 unspecified atom stereocenters. The van der Waals surface area contributed by atoms with E-state index in [0.29, 0.717) is 36.1 Å². The SMILES string of the molecule is Cc1cn(CC(=O)NCCCCNC(=O)CCc2cn([C@H]3C[C@H](O)[C@@H](CO)O3)c(=O)[nH]c2=O)c(=O)[nH]c1=S. The molecule has 0 radical (unpaired) electrons. The minimum atomic E-state index is -0.941. The van der Waals surface area contributed by atoms with Gasteiger partial charge in [-0.05, 0) is 26.2 Å². The van der Waals surface area contributed by atoms with Crippen molar-refractivity contribution in [3.8, 4) is 0 Å². The maximum atomic E-state index is 12.2. The molecule has 0 bridgehead atoms. The van der Waals surface area contributed by atoms with Gasteiger partial charge < -0.3 is 25.6 Å². The van der Waals surface area contributed by atoms with Crippen LogP contribution in [0.2, 0.25) is 0 Å². The minimum Gasteiger partial charge on any atom is -0.394 e. The highest BCUT2D eigenvalue weighted by atomic mass is 32.1. The zero-order valence-electron chi connectivity index (χ0n) is 20.9. The van der Waals surface area contributed by atoms with Gasteiger partial charge in [-0.3, -0.25) is 33.5 Å². The Kier molecular flexibility index (Phi) is 10.3. The average Bonchev–Trinajstić information content (AvgIpc) is 3.24. The summed E-state index contributed by atoms with van der Waals surface area (Å²) in [6.07, 6.45) is 1.61. The van der Waals surface area contributed by atoms with Crippen LogP contribution < -0.4 is 27.6 Å². The van der Waals surface area contributed by atoms with Crippen LogP contribution in [0.15, 0.2) is 26.8 Å². The number of ether oxygens (including phenoxy) is 1. The van der Waals surface area contributed by atoms with Gasteiger partial charge in [0.15, 0.2) is 0 Å². The lowest BCUT2D eigenvalue weighted by molar-refractivity contribution is -0.122.